The van der Waals surface area contributed by atoms with E-state index in [0.29, 0.717) is 0 Å². The molecule has 1 heterocycles. The van der Waals surface area contributed by atoms with E-state index >= 15 is 0 Å². The van der Waals surface area contributed by atoms with Crippen LogP contribution in [0.1, 0.15) is 26.7 Å². The molecule has 4 nitrogen and oxygen atoms in total. The summed E-state index contributed by atoms with van der Waals surface area (Å²) in [7, 11) is 0. The average Bonchev–Trinajstić information content (AvgIpc) is 2.39. The van der Waals surface area contributed by atoms with Crippen LogP contribution in [-0.4, -0.2) is 57.5 Å². The first-order chi connectivity index (χ1) is 8.26. The molecule has 1 aliphatic rings. The van der Waals surface area contributed by atoms with E-state index < -0.39 is 0 Å². The van der Waals surface area contributed by atoms with Gasteiger partial charge in [0.1, 0.15) is 0 Å². The van der Waals surface area contributed by atoms with Crippen LogP contribution in [0.2, 0.25) is 0 Å². The second kappa shape index (κ2) is 8.03. The van der Waals surface area contributed by atoms with Crippen LogP contribution in [0.3, 0.4) is 0 Å². The maximum Gasteiger partial charge on any atom is 0.0593 e. The smallest absolute Gasteiger partial charge is 0.0593 e. The molecule has 0 aliphatic carbocycles. The molecule has 0 aromatic heterocycles. The summed E-state index contributed by atoms with van der Waals surface area (Å²) in [6.07, 6.45) is 2.33. The lowest BCUT2D eigenvalue weighted by molar-refractivity contribution is -0.0246. The maximum atomic E-state index is 5.96. The van der Waals surface area contributed by atoms with E-state index in [2.05, 4.69) is 11.8 Å². The van der Waals surface area contributed by atoms with Crippen molar-refractivity contribution in [2.45, 2.75) is 26.7 Å². The highest BCUT2D eigenvalue weighted by Gasteiger charge is 2.33. The molecule has 0 radical (unpaired) electrons. The van der Waals surface area contributed by atoms with Crippen LogP contribution >= 0.6 is 0 Å². The van der Waals surface area contributed by atoms with Gasteiger partial charge in [-0.3, -0.25) is 0 Å². The molecule has 0 amide bonds. The normalized spacial score (nSPS) is 25.4. The second-order valence-electron chi connectivity index (χ2n) is 4.93. The van der Waals surface area contributed by atoms with Crippen molar-refractivity contribution in [3.05, 3.63) is 0 Å². The number of likely N-dealkylation sites (N-methyl/N-ethyl adjacent to an activating group) is 1. The van der Waals surface area contributed by atoms with Gasteiger partial charge in [0.15, 0.2) is 0 Å². The van der Waals surface area contributed by atoms with Crippen LogP contribution in [0.25, 0.3) is 0 Å². The number of ether oxygens (including phenoxy) is 2. The van der Waals surface area contributed by atoms with Crippen molar-refractivity contribution in [2.24, 2.45) is 11.1 Å². The molecule has 0 bridgehead atoms. The number of nitrogens with two attached hydrogens (primary N) is 1. The van der Waals surface area contributed by atoms with Gasteiger partial charge in [-0.1, -0.05) is 6.92 Å². The molecule has 0 spiro atoms. The molecular weight excluding hydrogens is 216 g/mol. The van der Waals surface area contributed by atoms with Crippen LogP contribution in [0.5, 0.6) is 0 Å². The molecule has 102 valence electrons. The maximum absolute atomic E-state index is 5.96. The molecule has 0 aromatic rings. The fraction of sp³-hybridized carbons (Fsp3) is 1.00. The summed E-state index contributed by atoms with van der Waals surface area (Å²) in [6, 6.07) is 0. The first-order valence-corrected chi connectivity index (χ1v) is 6.84. The summed E-state index contributed by atoms with van der Waals surface area (Å²) in [5.41, 5.74) is 6.13. The Balaban J connectivity index is 2.40. The average molecular weight is 244 g/mol. The molecule has 2 N–H and O–H groups in total. The Morgan fingerprint density at radius 2 is 2.24 bits per heavy atom. The van der Waals surface area contributed by atoms with Crippen molar-refractivity contribution in [2.75, 3.05) is 52.6 Å². The van der Waals surface area contributed by atoms with Crippen LogP contribution in [0.4, 0.5) is 0 Å². The molecule has 1 fully saturated rings. The van der Waals surface area contributed by atoms with Gasteiger partial charge in [0.2, 0.25) is 0 Å². The van der Waals surface area contributed by atoms with E-state index in [1.165, 1.54) is 6.42 Å². The SMILES string of the molecule is CCOCCN(CC)CC1(CN)CCCOC1. The van der Waals surface area contributed by atoms with Crippen LogP contribution < -0.4 is 5.73 Å². The lowest BCUT2D eigenvalue weighted by Gasteiger charge is -2.39. The fourth-order valence-corrected chi connectivity index (χ4v) is 2.42. The molecule has 4 heteroatoms. The van der Waals surface area contributed by atoms with Crippen LogP contribution in [0, 0.1) is 5.41 Å². The Morgan fingerprint density at radius 3 is 2.76 bits per heavy atom. The van der Waals surface area contributed by atoms with Crippen molar-refractivity contribution >= 4 is 0 Å². The number of rotatable bonds is 8. The number of hydrogen-bond donors (Lipinski definition) is 1. The van der Waals surface area contributed by atoms with Gasteiger partial charge >= 0.3 is 0 Å². The summed E-state index contributed by atoms with van der Waals surface area (Å²) < 4.78 is 11.0. The number of hydrogen-bond acceptors (Lipinski definition) is 4. The highest BCUT2D eigenvalue weighted by molar-refractivity contribution is 4.86. The third kappa shape index (κ3) is 4.92. The van der Waals surface area contributed by atoms with Gasteiger partial charge in [-0.2, -0.15) is 0 Å². The van der Waals surface area contributed by atoms with E-state index in [1.54, 1.807) is 0 Å². The van der Waals surface area contributed by atoms with Gasteiger partial charge in [-0.25, -0.2) is 0 Å². The zero-order valence-electron chi connectivity index (χ0n) is 11.4. The van der Waals surface area contributed by atoms with E-state index in [4.69, 9.17) is 15.2 Å². The van der Waals surface area contributed by atoms with E-state index in [0.717, 1.165) is 59.0 Å². The predicted molar refractivity (Wildman–Crippen MR) is 70.1 cm³/mol. The van der Waals surface area contributed by atoms with Gasteiger partial charge in [0, 0.05) is 38.3 Å². The standard InChI is InChI=1S/C13H28N2O2/c1-3-15(7-9-16-4-2)11-13(10-14)6-5-8-17-12-13/h3-12,14H2,1-2H3. The highest BCUT2D eigenvalue weighted by Crippen LogP contribution is 2.28. The van der Waals surface area contributed by atoms with Gasteiger partial charge in [0.05, 0.1) is 13.2 Å². The van der Waals surface area contributed by atoms with Crippen LogP contribution in [0.15, 0.2) is 0 Å². The lowest BCUT2D eigenvalue weighted by atomic mass is 9.82. The third-order valence-corrected chi connectivity index (χ3v) is 3.60. The highest BCUT2D eigenvalue weighted by atomic mass is 16.5. The van der Waals surface area contributed by atoms with Crippen molar-refractivity contribution in [1.82, 2.24) is 4.90 Å². The lowest BCUT2D eigenvalue weighted by Crippen LogP contribution is -2.48. The topological polar surface area (TPSA) is 47.7 Å². The minimum atomic E-state index is 0.167. The van der Waals surface area contributed by atoms with Crippen molar-refractivity contribution in [1.29, 1.82) is 0 Å². The third-order valence-electron chi connectivity index (χ3n) is 3.60. The van der Waals surface area contributed by atoms with Crippen LogP contribution in [-0.2, 0) is 9.47 Å². The van der Waals surface area contributed by atoms with Gasteiger partial charge in [0.25, 0.3) is 0 Å². The number of nitrogens with zero attached hydrogens (tertiary/aromatic N) is 1. The molecule has 1 unspecified atom stereocenters. The van der Waals surface area contributed by atoms with Gasteiger partial charge in [-0.05, 0) is 26.3 Å². The Morgan fingerprint density at radius 1 is 1.41 bits per heavy atom. The summed E-state index contributed by atoms with van der Waals surface area (Å²) in [4.78, 5) is 2.43. The zero-order valence-corrected chi connectivity index (χ0v) is 11.4. The Bertz CT molecular complexity index is 194. The second-order valence-corrected chi connectivity index (χ2v) is 4.93. The molecule has 0 aromatic carbocycles. The summed E-state index contributed by atoms with van der Waals surface area (Å²) >= 11 is 0. The summed E-state index contributed by atoms with van der Waals surface area (Å²) in [6.45, 7) is 11.3. The Kier molecular flexibility index (Phi) is 7.04. The fourth-order valence-electron chi connectivity index (χ4n) is 2.42. The molecule has 0 saturated carbocycles. The predicted octanol–water partition coefficient (Wildman–Crippen LogP) is 1.10. The monoisotopic (exact) mass is 244 g/mol. The van der Waals surface area contributed by atoms with Gasteiger partial charge in [-0.15, -0.1) is 0 Å². The molecule has 1 atom stereocenters. The van der Waals surface area contributed by atoms with Crippen molar-refractivity contribution < 1.29 is 9.47 Å². The van der Waals surface area contributed by atoms with Crippen molar-refractivity contribution in [3.8, 4) is 0 Å². The Labute approximate surface area is 105 Å². The first-order valence-electron chi connectivity index (χ1n) is 6.84. The zero-order chi connectivity index (χ0) is 12.6. The first kappa shape index (κ1) is 14.9. The molecule has 1 rings (SSSR count). The van der Waals surface area contributed by atoms with Crippen molar-refractivity contribution in [3.63, 3.8) is 0 Å². The minimum absolute atomic E-state index is 0.167. The quantitative estimate of drug-likeness (QED) is 0.650. The summed E-state index contributed by atoms with van der Waals surface area (Å²) in [5.74, 6) is 0. The molecule has 1 aliphatic heterocycles. The Hall–Kier alpha value is -0.160. The van der Waals surface area contributed by atoms with Gasteiger partial charge < -0.3 is 20.1 Å². The van der Waals surface area contributed by atoms with E-state index in [-0.39, 0.29) is 5.41 Å². The van der Waals surface area contributed by atoms with E-state index in [1.807, 2.05) is 6.92 Å². The summed E-state index contributed by atoms with van der Waals surface area (Å²) in [5, 5.41) is 0. The largest absolute Gasteiger partial charge is 0.381 e. The minimum Gasteiger partial charge on any atom is -0.381 e. The molecular formula is C13H28N2O2. The van der Waals surface area contributed by atoms with E-state index in [9.17, 15) is 0 Å². The molecule has 17 heavy (non-hydrogen) atoms. The molecule has 1 saturated heterocycles.